The number of hydrogen-bond acceptors (Lipinski definition) is 2. The maximum atomic E-state index is 11.2. The molecule has 1 saturated heterocycles. The number of primary amides is 1. The van der Waals surface area contributed by atoms with Gasteiger partial charge in [-0.2, -0.15) is 0 Å². The number of aliphatic imine (C=N–C) groups is 1. The predicted molar refractivity (Wildman–Crippen MR) is 99.9 cm³/mol. The van der Waals surface area contributed by atoms with E-state index >= 15 is 0 Å². The second kappa shape index (κ2) is 7.55. The molecule has 24 heavy (non-hydrogen) atoms. The van der Waals surface area contributed by atoms with Crippen LogP contribution in [0.3, 0.4) is 0 Å². The van der Waals surface area contributed by atoms with E-state index in [1.807, 2.05) is 7.05 Å². The molecule has 0 radical (unpaired) electrons. The van der Waals surface area contributed by atoms with Gasteiger partial charge in [0.15, 0.2) is 5.96 Å². The number of likely N-dealkylation sites (tertiary alicyclic amines) is 1. The van der Waals surface area contributed by atoms with Gasteiger partial charge in [-0.1, -0.05) is 28.1 Å². The van der Waals surface area contributed by atoms with Gasteiger partial charge in [-0.15, -0.1) is 0 Å². The molecule has 0 spiro atoms. The van der Waals surface area contributed by atoms with Gasteiger partial charge in [-0.3, -0.25) is 9.79 Å². The van der Waals surface area contributed by atoms with Crippen molar-refractivity contribution in [3.05, 3.63) is 34.3 Å². The second-order valence-corrected chi connectivity index (χ2v) is 7.73. The highest BCUT2D eigenvalue weighted by Crippen LogP contribution is 2.41. The van der Waals surface area contributed by atoms with E-state index in [1.165, 1.54) is 5.56 Å². The number of benzene rings is 1. The molecule has 6 heteroatoms. The second-order valence-electron chi connectivity index (χ2n) is 6.82. The summed E-state index contributed by atoms with van der Waals surface area (Å²) in [5.41, 5.74) is 6.73. The van der Waals surface area contributed by atoms with Crippen LogP contribution in [0, 0.1) is 5.92 Å². The van der Waals surface area contributed by atoms with Gasteiger partial charge in [0.25, 0.3) is 0 Å². The number of carbonyl (C=O) groups excluding carboxylic acids is 1. The lowest BCUT2D eigenvalue weighted by Gasteiger charge is -2.34. The van der Waals surface area contributed by atoms with E-state index in [0.29, 0.717) is 24.3 Å². The minimum atomic E-state index is -0.206. The normalized spacial score (nSPS) is 27.0. The Morgan fingerprint density at radius 2 is 2.17 bits per heavy atom. The number of rotatable bonds is 4. The molecule has 3 N–H and O–H groups in total. The summed E-state index contributed by atoms with van der Waals surface area (Å²) < 4.78 is 1.11. The standard InChI is InChI=1S/C18H25BrN4O/c1-21-18(23-8-2-3-12(11-23)9-17(20)24)22-16-10-15(16)13-4-6-14(19)7-5-13/h4-7,12,15-16H,2-3,8-11H2,1H3,(H2,20,24)(H,21,22). The smallest absolute Gasteiger partial charge is 0.217 e. The number of carbonyl (C=O) groups is 1. The molecule has 2 fully saturated rings. The number of hydrogen-bond donors (Lipinski definition) is 2. The van der Waals surface area contributed by atoms with E-state index in [9.17, 15) is 4.79 Å². The first-order valence-corrected chi connectivity index (χ1v) is 9.38. The summed E-state index contributed by atoms with van der Waals surface area (Å²) in [4.78, 5) is 17.9. The third-order valence-electron chi connectivity index (χ3n) is 4.92. The molecule has 0 aromatic heterocycles. The summed E-state index contributed by atoms with van der Waals surface area (Å²) in [7, 11) is 1.83. The fourth-order valence-electron chi connectivity index (χ4n) is 3.60. The van der Waals surface area contributed by atoms with Crippen molar-refractivity contribution in [1.29, 1.82) is 0 Å². The number of piperidine rings is 1. The monoisotopic (exact) mass is 392 g/mol. The number of halogens is 1. The number of nitrogens with two attached hydrogens (primary N) is 1. The number of amides is 1. The van der Waals surface area contributed by atoms with Crippen LogP contribution in [0.15, 0.2) is 33.7 Å². The van der Waals surface area contributed by atoms with Gasteiger partial charge in [0.05, 0.1) is 0 Å². The Morgan fingerprint density at radius 3 is 2.83 bits per heavy atom. The molecule has 130 valence electrons. The molecule has 1 amide bonds. The van der Waals surface area contributed by atoms with Crippen LogP contribution in [-0.2, 0) is 4.79 Å². The zero-order valence-corrected chi connectivity index (χ0v) is 15.6. The molecule has 3 atom stereocenters. The Morgan fingerprint density at radius 1 is 1.42 bits per heavy atom. The molecule has 1 heterocycles. The highest BCUT2D eigenvalue weighted by Gasteiger charge is 2.39. The lowest BCUT2D eigenvalue weighted by Crippen LogP contribution is -2.48. The van der Waals surface area contributed by atoms with Crippen LogP contribution < -0.4 is 11.1 Å². The molecular weight excluding hydrogens is 368 g/mol. The summed E-state index contributed by atoms with van der Waals surface area (Å²) >= 11 is 3.48. The van der Waals surface area contributed by atoms with Gasteiger partial charge in [0.2, 0.25) is 5.91 Å². The molecule has 3 rings (SSSR count). The van der Waals surface area contributed by atoms with Crippen molar-refractivity contribution in [2.75, 3.05) is 20.1 Å². The van der Waals surface area contributed by atoms with Crippen molar-refractivity contribution in [3.63, 3.8) is 0 Å². The van der Waals surface area contributed by atoms with E-state index in [0.717, 1.165) is 42.8 Å². The van der Waals surface area contributed by atoms with Crippen molar-refractivity contribution >= 4 is 27.8 Å². The predicted octanol–water partition coefficient (Wildman–Crippen LogP) is 2.47. The lowest BCUT2D eigenvalue weighted by molar-refractivity contribution is -0.119. The van der Waals surface area contributed by atoms with Gasteiger partial charge >= 0.3 is 0 Å². The van der Waals surface area contributed by atoms with Crippen molar-refractivity contribution in [2.24, 2.45) is 16.6 Å². The van der Waals surface area contributed by atoms with Crippen molar-refractivity contribution in [3.8, 4) is 0 Å². The Balaban J connectivity index is 1.56. The zero-order chi connectivity index (χ0) is 17.1. The van der Waals surface area contributed by atoms with Crippen LogP contribution in [0.25, 0.3) is 0 Å². The maximum Gasteiger partial charge on any atom is 0.217 e. The van der Waals surface area contributed by atoms with Gasteiger partial charge in [0, 0.05) is 43.0 Å². The van der Waals surface area contributed by atoms with Crippen LogP contribution in [-0.4, -0.2) is 42.9 Å². The van der Waals surface area contributed by atoms with Crippen molar-refractivity contribution < 1.29 is 4.79 Å². The fraction of sp³-hybridized carbons (Fsp3) is 0.556. The largest absolute Gasteiger partial charge is 0.370 e. The average Bonchev–Trinajstić information content (AvgIpc) is 3.32. The first-order chi connectivity index (χ1) is 11.6. The molecule has 1 aromatic carbocycles. The molecule has 1 aliphatic carbocycles. The third kappa shape index (κ3) is 4.29. The molecule has 1 saturated carbocycles. The minimum Gasteiger partial charge on any atom is -0.370 e. The first-order valence-electron chi connectivity index (χ1n) is 8.59. The topological polar surface area (TPSA) is 70.7 Å². The third-order valence-corrected chi connectivity index (χ3v) is 5.45. The Bertz CT molecular complexity index is 616. The van der Waals surface area contributed by atoms with Crippen LogP contribution in [0.5, 0.6) is 0 Å². The molecular formula is C18H25BrN4O. The molecule has 0 bridgehead atoms. The van der Waals surface area contributed by atoms with Gasteiger partial charge < -0.3 is 16.0 Å². The van der Waals surface area contributed by atoms with Crippen LogP contribution in [0.2, 0.25) is 0 Å². The summed E-state index contributed by atoms with van der Waals surface area (Å²) in [6.45, 7) is 1.85. The summed E-state index contributed by atoms with van der Waals surface area (Å²) in [6.07, 6.45) is 3.76. The molecule has 3 unspecified atom stereocenters. The number of guanidine groups is 1. The van der Waals surface area contributed by atoms with Gasteiger partial charge in [-0.25, -0.2) is 0 Å². The Kier molecular flexibility index (Phi) is 5.43. The SMILES string of the molecule is CN=C(NC1CC1c1ccc(Br)cc1)N1CCCC(CC(N)=O)C1. The number of nitrogens with one attached hydrogen (secondary N) is 1. The van der Waals surface area contributed by atoms with E-state index in [-0.39, 0.29) is 5.91 Å². The van der Waals surface area contributed by atoms with Gasteiger partial charge in [-0.05, 0) is 42.9 Å². The van der Waals surface area contributed by atoms with Crippen LogP contribution in [0.4, 0.5) is 0 Å². The molecule has 5 nitrogen and oxygen atoms in total. The zero-order valence-electron chi connectivity index (χ0n) is 14.0. The highest BCUT2D eigenvalue weighted by atomic mass is 79.9. The molecule has 1 aliphatic heterocycles. The summed E-state index contributed by atoms with van der Waals surface area (Å²) in [5.74, 6) is 1.65. The maximum absolute atomic E-state index is 11.2. The lowest BCUT2D eigenvalue weighted by atomic mass is 9.95. The number of nitrogens with zero attached hydrogens (tertiary/aromatic N) is 2. The highest BCUT2D eigenvalue weighted by molar-refractivity contribution is 9.10. The summed E-state index contributed by atoms with van der Waals surface area (Å²) in [6, 6.07) is 9.00. The van der Waals surface area contributed by atoms with E-state index < -0.39 is 0 Å². The average molecular weight is 393 g/mol. The molecule has 1 aromatic rings. The van der Waals surface area contributed by atoms with Crippen molar-refractivity contribution in [2.45, 2.75) is 37.6 Å². The van der Waals surface area contributed by atoms with E-state index in [2.05, 4.69) is 55.4 Å². The fourth-order valence-corrected chi connectivity index (χ4v) is 3.87. The van der Waals surface area contributed by atoms with E-state index in [4.69, 9.17) is 5.73 Å². The van der Waals surface area contributed by atoms with Gasteiger partial charge in [0.1, 0.15) is 0 Å². The summed E-state index contributed by atoms with van der Waals surface area (Å²) in [5, 5.41) is 3.60. The minimum absolute atomic E-state index is 0.206. The van der Waals surface area contributed by atoms with Crippen molar-refractivity contribution in [1.82, 2.24) is 10.2 Å². The first kappa shape index (κ1) is 17.3. The van der Waals surface area contributed by atoms with E-state index in [1.54, 1.807) is 0 Å². The van der Waals surface area contributed by atoms with Crippen LogP contribution >= 0.6 is 15.9 Å². The Hall–Kier alpha value is -1.56. The Labute approximate surface area is 151 Å². The van der Waals surface area contributed by atoms with Crippen LogP contribution in [0.1, 0.15) is 37.2 Å². The quantitative estimate of drug-likeness (QED) is 0.610. The molecule has 2 aliphatic rings.